The van der Waals surface area contributed by atoms with E-state index >= 15 is 0 Å². The summed E-state index contributed by atoms with van der Waals surface area (Å²) in [6.45, 7) is 2.75. The highest BCUT2D eigenvalue weighted by atomic mass is 79.9. The minimum Gasteiger partial charge on any atom is -0.492 e. The minimum atomic E-state index is -0.270. The zero-order valence-electron chi connectivity index (χ0n) is 12.8. The lowest BCUT2D eigenvalue weighted by atomic mass is 10.1. The Balaban J connectivity index is 2.11. The Kier molecular flexibility index (Phi) is 6.19. The third-order valence-corrected chi connectivity index (χ3v) is 3.86. The van der Waals surface area contributed by atoms with Gasteiger partial charge < -0.3 is 10.1 Å². The predicted molar refractivity (Wildman–Crippen MR) is 93.7 cm³/mol. The van der Waals surface area contributed by atoms with Gasteiger partial charge in [0.2, 0.25) is 0 Å². The number of nitrogens with one attached hydrogen (secondary N) is 1. The molecule has 118 valence electrons. The van der Waals surface area contributed by atoms with Crippen LogP contribution in [0.4, 0.5) is 5.69 Å². The summed E-state index contributed by atoms with van der Waals surface area (Å²) in [5.74, 6) is 0.445. The Morgan fingerprint density at radius 3 is 2.78 bits per heavy atom. The summed E-state index contributed by atoms with van der Waals surface area (Å²) in [7, 11) is 0. The quantitative estimate of drug-likeness (QED) is 0.743. The van der Waals surface area contributed by atoms with Crippen molar-refractivity contribution in [1.82, 2.24) is 0 Å². The maximum atomic E-state index is 12.3. The van der Waals surface area contributed by atoms with E-state index in [0.29, 0.717) is 29.2 Å². The number of amides is 1. The molecule has 0 spiro atoms. The lowest BCUT2D eigenvalue weighted by Crippen LogP contribution is -2.13. The molecule has 0 saturated heterocycles. The number of carbonyl (C=O) groups is 1. The van der Waals surface area contributed by atoms with Crippen molar-refractivity contribution < 1.29 is 9.53 Å². The number of carbonyl (C=O) groups excluding carboxylic acids is 1. The van der Waals surface area contributed by atoms with E-state index in [9.17, 15) is 4.79 Å². The van der Waals surface area contributed by atoms with Gasteiger partial charge in [-0.05, 0) is 52.7 Å². The Bertz CT molecular complexity index is 738. The van der Waals surface area contributed by atoms with E-state index < -0.39 is 0 Å². The van der Waals surface area contributed by atoms with Crippen molar-refractivity contribution in [1.29, 1.82) is 5.26 Å². The summed E-state index contributed by atoms with van der Waals surface area (Å²) < 4.78 is 6.38. The van der Waals surface area contributed by atoms with Crippen molar-refractivity contribution in [2.75, 3.05) is 11.9 Å². The molecule has 0 aliphatic rings. The molecule has 4 nitrogen and oxygen atoms in total. The molecule has 1 N–H and O–H groups in total. The van der Waals surface area contributed by atoms with E-state index in [-0.39, 0.29) is 5.91 Å². The third kappa shape index (κ3) is 4.57. The van der Waals surface area contributed by atoms with E-state index in [1.807, 2.05) is 0 Å². The fourth-order valence-corrected chi connectivity index (χ4v) is 2.46. The smallest absolute Gasteiger partial charge is 0.255 e. The molecule has 0 radical (unpaired) electrons. The van der Waals surface area contributed by atoms with Gasteiger partial charge in [-0.15, -0.1) is 0 Å². The first-order chi connectivity index (χ1) is 11.2. The van der Waals surface area contributed by atoms with Gasteiger partial charge in [0, 0.05) is 5.56 Å². The van der Waals surface area contributed by atoms with Gasteiger partial charge in [0.15, 0.2) is 0 Å². The van der Waals surface area contributed by atoms with Crippen molar-refractivity contribution in [3.8, 4) is 11.8 Å². The largest absolute Gasteiger partial charge is 0.492 e. The summed E-state index contributed by atoms with van der Waals surface area (Å²) >= 11 is 3.42. The lowest BCUT2D eigenvalue weighted by molar-refractivity contribution is 0.102. The second-order valence-corrected chi connectivity index (χ2v) is 5.81. The molecule has 0 heterocycles. The van der Waals surface area contributed by atoms with Crippen LogP contribution in [0.25, 0.3) is 0 Å². The lowest BCUT2D eigenvalue weighted by Gasteiger charge is -2.10. The van der Waals surface area contributed by atoms with E-state index in [1.54, 1.807) is 42.5 Å². The second-order valence-electron chi connectivity index (χ2n) is 4.96. The molecule has 1 amide bonds. The van der Waals surface area contributed by atoms with Crippen LogP contribution in [0.3, 0.4) is 0 Å². The molecule has 2 aromatic rings. The Labute approximate surface area is 144 Å². The molecule has 0 aliphatic carbocycles. The molecule has 0 bridgehead atoms. The summed E-state index contributed by atoms with van der Waals surface area (Å²) in [6, 6.07) is 14.1. The van der Waals surface area contributed by atoms with Crippen molar-refractivity contribution in [3.63, 3.8) is 0 Å². The van der Waals surface area contributed by atoms with Crippen molar-refractivity contribution >= 4 is 27.5 Å². The van der Waals surface area contributed by atoms with E-state index in [2.05, 4.69) is 34.2 Å². The molecule has 2 aromatic carbocycles. The van der Waals surface area contributed by atoms with Crippen LogP contribution in [-0.2, 0) is 0 Å². The van der Waals surface area contributed by atoms with Crippen LogP contribution in [0.5, 0.6) is 5.75 Å². The molecule has 5 heteroatoms. The molecule has 0 saturated carbocycles. The number of nitrogens with zero attached hydrogens (tertiary/aromatic N) is 1. The Morgan fingerprint density at radius 1 is 1.30 bits per heavy atom. The number of halogens is 1. The van der Waals surface area contributed by atoms with Crippen LogP contribution in [0, 0.1) is 11.3 Å². The minimum absolute atomic E-state index is 0.270. The number of rotatable bonds is 6. The van der Waals surface area contributed by atoms with Crippen LogP contribution in [0.2, 0.25) is 0 Å². The highest BCUT2D eigenvalue weighted by molar-refractivity contribution is 9.10. The average molecular weight is 373 g/mol. The van der Waals surface area contributed by atoms with Gasteiger partial charge in [-0.3, -0.25) is 4.79 Å². The van der Waals surface area contributed by atoms with Gasteiger partial charge in [0.25, 0.3) is 5.91 Å². The molecule has 0 aliphatic heterocycles. The first kappa shape index (κ1) is 17.0. The molecular weight excluding hydrogens is 356 g/mol. The number of unbranched alkanes of at least 4 members (excludes halogenated alkanes) is 1. The molecule has 0 unspecified atom stereocenters. The number of ether oxygens (including phenoxy) is 1. The van der Waals surface area contributed by atoms with Gasteiger partial charge in [0.05, 0.1) is 22.3 Å². The third-order valence-electron chi connectivity index (χ3n) is 3.25. The first-order valence-corrected chi connectivity index (χ1v) is 8.18. The fourth-order valence-electron chi connectivity index (χ4n) is 1.97. The molecular formula is C18H17BrN2O2. The van der Waals surface area contributed by atoms with Gasteiger partial charge in [-0.25, -0.2) is 0 Å². The summed E-state index contributed by atoms with van der Waals surface area (Å²) in [4.78, 5) is 12.3. The van der Waals surface area contributed by atoms with Gasteiger partial charge >= 0.3 is 0 Å². The topological polar surface area (TPSA) is 62.1 Å². The van der Waals surface area contributed by atoms with Crippen molar-refractivity contribution in [2.45, 2.75) is 19.8 Å². The molecule has 0 fully saturated rings. The van der Waals surface area contributed by atoms with Crippen molar-refractivity contribution in [3.05, 3.63) is 58.1 Å². The zero-order valence-corrected chi connectivity index (χ0v) is 14.4. The number of hydrogen-bond acceptors (Lipinski definition) is 3. The van der Waals surface area contributed by atoms with E-state index in [4.69, 9.17) is 10.00 Å². The fraction of sp³-hybridized carbons (Fsp3) is 0.222. The zero-order chi connectivity index (χ0) is 16.7. The Hall–Kier alpha value is -2.32. The van der Waals surface area contributed by atoms with Crippen LogP contribution < -0.4 is 10.1 Å². The van der Waals surface area contributed by atoms with Crippen LogP contribution >= 0.6 is 15.9 Å². The van der Waals surface area contributed by atoms with Gasteiger partial charge in [-0.1, -0.05) is 25.5 Å². The molecule has 0 atom stereocenters. The van der Waals surface area contributed by atoms with E-state index in [1.165, 1.54) is 0 Å². The standard InChI is InChI=1S/C18H17BrN2O2/c1-2-3-10-23-17-9-8-13(11-15(17)19)18(22)21-16-7-5-4-6-14(16)12-20/h4-9,11H,2-3,10H2,1H3,(H,21,22). The SMILES string of the molecule is CCCCOc1ccc(C(=O)Nc2ccccc2C#N)cc1Br. The number of nitriles is 1. The number of anilines is 1. The second kappa shape index (κ2) is 8.35. The van der Waals surface area contributed by atoms with Crippen molar-refractivity contribution in [2.24, 2.45) is 0 Å². The summed E-state index contributed by atoms with van der Waals surface area (Å²) in [5, 5.41) is 11.8. The maximum absolute atomic E-state index is 12.3. The molecule has 2 rings (SSSR count). The predicted octanol–water partition coefficient (Wildman–Crippen LogP) is 4.75. The van der Waals surface area contributed by atoms with Crippen LogP contribution in [0.1, 0.15) is 35.7 Å². The highest BCUT2D eigenvalue weighted by Crippen LogP contribution is 2.27. The number of hydrogen-bond donors (Lipinski definition) is 1. The number of para-hydroxylation sites is 1. The van der Waals surface area contributed by atoms with Crippen LogP contribution in [0.15, 0.2) is 46.9 Å². The average Bonchev–Trinajstić information content (AvgIpc) is 2.57. The highest BCUT2D eigenvalue weighted by Gasteiger charge is 2.11. The number of benzene rings is 2. The molecule has 0 aromatic heterocycles. The summed E-state index contributed by atoms with van der Waals surface area (Å²) in [6.07, 6.45) is 2.05. The normalized spacial score (nSPS) is 9.96. The van der Waals surface area contributed by atoms with Crippen LogP contribution in [-0.4, -0.2) is 12.5 Å². The molecule has 23 heavy (non-hydrogen) atoms. The monoisotopic (exact) mass is 372 g/mol. The van der Waals surface area contributed by atoms with Gasteiger partial charge in [0.1, 0.15) is 11.8 Å². The van der Waals surface area contributed by atoms with E-state index in [0.717, 1.165) is 17.3 Å². The first-order valence-electron chi connectivity index (χ1n) is 7.38. The maximum Gasteiger partial charge on any atom is 0.255 e. The van der Waals surface area contributed by atoms with Gasteiger partial charge in [-0.2, -0.15) is 5.26 Å². The Morgan fingerprint density at radius 2 is 2.09 bits per heavy atom. The summed E-state index contributed by atoms with van der Waals surface area (Å²) in [5.41, 5.74) is 1.42.